The lowest BCUT2D eigenvalue weighted by molar-refractivity contribution is 0.101. The molecule has 0 radical (unpaired) electrons. The Hall–Kier alpha value is -3.30. The molecular weight excluding hydrogens is 425 g/mol. The quantitative estimate of drug-likeness (QED) is 0.759. The van der Waals surface area contributed by atoms with Crippen molar-refractivity contribution in [3.05, 3.63) is 53.6 Å². The van der Waals surface area contributed by atoms with Crippen LogP contribution in [0.1, 0.15) is 22.5 Å². The Morgan fingerprint density at radius 1 is 1.47 bits per heavy atom. The van der Waals surface area contributed by atoms with Gasteiger partial charge in [-0.1, -0.05) is 0 Å². The zero-order valence-electron chi connectivity index (χ0n) is 15.4. The van der Waals surface area contributed by atoms with E-state index in [9.17, 15) is 26.4 Å². The Kier molecular flexibility index (Phi) is 5.86. The molecule has 0 fully saturated rings. The van der Waals surface area contributed by atoms with Gasteiger partial charge in [-0.2, -0.15) is 14.0 Å². The number of benzene rings is 1. The third-order valence-electron chi connectivity index (χ3n) is 4.26. The van der Waals surface area contributed by atoms with Gasteiger partial charge in [0.2, 0.25) is 10.0 Å². The number of nitrogens with zero attached hydrogens (tertiary/aromatic N) is 2. The van der Waals surface area contributed by atoms with Crippen molar-refractivity contribution in [2.45, 2.75) is 17.4 Å². The van der Waals surface area contributed by atoms with Gasteiger partial charge in [0.05, 0.1) is 11.6 Å². The van der Waals surface area contributed by atoms with Gasteiger partial charge < -0.3 is 14.6 Å². The summed E-state index contributed by atoms with van der Waals surface area (Å²) in [7, 11) is -2.72. The SMILES string of the molecule is Cn1cc2c(c1C(=O)Nc1ccc(F)c(C#N)c1)OCC(CC=C(F)F)NS2(=O)=O. The van der Waals surface area contributed by atoms with E-state index in [1.54, 1.807) is 6.07 Å². The topological polar surface area (TPSA) is 113 Å². The largest absolute Gasteiger partial charge is 0.488 e. The lowest BCUT2D eigenvalue weighted by Gasteiger charge is -2.13. The summed E-state index contributed by atoms with van der Waals surface area (Å²) in [4.78, 5) is 12.4. The Balaban J connectivity index is 1.93. The van der Waals surface area contributed by atoms with E-state index in [0.29, 0.717) is 6.08 Å². The van der Waals surface area contributed by atoms with E-state index in [2.05, 4.69) is 10.0 Å². The second kappa shape index (κ2) is 8.21. The second-order valence-corrected chi connectivity index (χ2v) is 8.08. The number of nitriles is 1. The first-order valence-corrected chi connectivity index (χ1v) is 9.97. The van der Waals surface area contributed by atoms with Crippen molar-refractivity contribution < 1.29 is 31.1 Å². The van der Waals surface area contributed by atoms with Crippen LogP contribution in [0.25, 0.3) is 0 Å². The van der Waals surface area contributed by atoms with Crippen LogP contribution in [-0.2, 0) is 17.1 Å². The van der Waals surface area contributed by atoms with Crippen LogP contribution in [0.15, 0.2) is 41.4 Å². The second-order valence-electron chi connectivity index (χ2n) is 6.40. The lowest BCUT2D eigenvalue weighted by Crippen LogP contribution is -2.36. The summed E-state index contributed by atoms with van der Waals surface area (Å²) in [6.07, 6.45) is -0.521. The van der Waals surface area contributed by atoms with Gasteiger partial charge in [-0.3, -0.25) is 4.79 Å². The van der Waals surface area contributed by atoms with E-state index in [4.69, 9.17) is 10.00 Å². The molecule has 12 heteroatoms. The molecule has 1 atom stereocenters. The molecule has 0 saturated heterocycles. The average molecular weight is 440 g/mol. The van der Waals surface area contributed by atoms with E-state index < -0.39 is 33.9 Å². The summed E-state index contributed by atoms with van der Waals surface area (Å²) in [6.45, 7) is -0.282. The highest BCUT2D eigenvalue weighted by atomic mass is 32.2. The van der Waals surface area contributed by atoms with Gasteiger partial charge in [0, 0.05) is 18.9 Å². The highest BCUT2D eigenvalue weighted by molar-refractivity contribution is 7.89. The monoisotopic (exact) mass is 440 g/mol. The van der Waals surface area contributed by atoms with Crippen molar-refractivity contribution in [1.29, 1.82) is 5.26 Å². The van der Waals surface area contributed by atoms with Crippen LogP contribution in [0.3, 0.4) is 0 Å². The average Bonchev–Trinajstić information content (AvgIpc) is 2.96. The molecule has 1 amide bonds. The number of sulfonamides is 1. The van der Waals surface area contributed by atoms with E-state index >= 15 is 0 Å². The molecule has 1 aromatic heterocycles. The number of carbonyl (C=O) groups excluding carboxylic acids is 1. The van der Waals surface area contributed by atoms with Gasteiger partial charge in [-0.25, -0.2) is 17.5 Å². The molecule has 8 nitrogen and oxygen atoms in total. The number of aryl methyl sites for hydroxylation is 1. The van der Waals surface area contributed by atoms with Crippen LogP contribution < -0.4 is 14.8 Å². The van der Waals surface area contributed by atoms with Gasteiger partial charge in [-0.05, 0) is 30.7 Å². The maximum Gasteiger partial charge on any atom is 0.276 e. The highest BCUT2D eigenvalue weighted by Crippen LogP contribution is 2.33. The molecule has 2 N–H and O–H groups in total. The summed E-state index contributed by atoms with van der Waals surface area (Å²) in [6, 6.07) is 4.06. The molecule has 0 saturated carbocycles. The van der Waals surface area contributed by atoms with Crippen LogP contribution in [-0.4, -0.2) is 31.5 Å². The Morgan fingerprint density at radius 2 is 2.20 bits per heavy atom. The molecular formula is C18H15F3N4O4S. The van der Waals surface area contributed by atoms with Crippen molar-refractivity contribution in [1.82, 2.24) is 9.29 Å². The summed E-state index contributed by atoms with van der Waals surface area (Å²) < 4.78 is 72.3. The third-order valence-corrected chi connectivity index (χ3v) is 5.77. The summed E-state index contributed by atoms with van der Waals surface area (Å²) >= 11 is 0. The predicted octanol–water partition coefficient (Wildman–Crippen LogP) is 2.50. The number of halogens is 3. The van der Waals surface area contributed by atoms with Crippen LogP contribution in [0.2, 0.25) is 0 Å². The Bertz CT molecular complexity index is 1180. The number of fused-ring (bicyclic) bond motifs is 1. The molecule has 1 aliphatic rings. The third kappa shape index (κ3) is 4.32. The van der Waals surface area contributed by atoms with Gasteiger partial charge in [0.1, 0.15) is 23.4 Å². The molecule has 0 bridgehead atoms. The summed E-state index contributed by atoms with van der Waals surface area (Å²) in [5, 5.41) is 11.4. The zero-order chi connectivity index (χ0) is 22.1. The van der Waals surface area contributed by atoms with Crippen LogP contribution >= 0.6 is 0 Å². The van der Waals surface area contributed by atoms with Gasteiger partial charge in [0.25, 0.3) is 12.0 Å². The zero-order valence-corrected chi connectivity index (χ0v) is 16.3. The number of rotatable bonds is 4. The summed E-state index contributed by atoms with van der Waals surface area (Å²) in [5.41, 5.74) is -0.312. The van der Waals surface area contributed by atoms with E-state index in [0.717, 1.165) is 18.3 Å². The van der Waals surface area contributed by atoms with E-state index in [1.807, 2.05) is 0 Å². The van der Waals surface area contributed by atoms with Crippen molar-refractivity contribution in [2.75, 3.05) is 11.9 Å². The molecule has 1 unspecified atom stereocenters. The number of ether oxygens (including phenoxy) is 1. The first-order chi connectivity index (χ1) is 14.1. The van der Waals surface area contributed by atoms with E-state index in [1.165, 1.54) is 17.7 Å². The van der Waals surface area contributed by atoms with Gasteiger partial charge in [-0.15, -0.1) is 0 Å². The van der Waals surface area contributed by atoms with Crippen LogP contribution in [0, 0.1) is 17.1 Å². The van der Waals surface area contributed by atoms with E-state index in [-0.39, 0.29) is 40.6 Å². The number of carbonyl (C=O) groups is 1. The van der Waals surface area contributed by atoms with Crippen molar-refractivity contribution in [3.8, 4) is 11.8 Å². The number of aromatic nitrogens is 1. The fourth-order valence-corrected chi connectivity index (χ4v) is 4.32. The normalized spacial score (nSPS) is 17.1. The number of nitrogens with one attached hydrogen (secondary N) is 2. The van der Waals surface area contributed by atoms with Gasteiger partial charge in [0.15, 0.2) is 11.4 Å². The first kappa shape index (κ1) is 21.4. The maximum absolute atomic E-state index is 13.5. The fraction of sp³-hybridized carbons (Fsp3) is 0.222. The molecule has 30 heavy (non-hydrogen) atoms. The summed E-state index contributed by atoms with van der Waals surface area (Å²) in [5.74, 6) is -1.76. The standard InChI is InChI=1S/C18H15F3N4O4S/c1-25-8-14-17(29-9-12(3-5-15(20)21)24-30(14,27)28)16(25)18(26)23-11-2-4-13(19)10(6-11)7-22/h2,4-6,8,12,24H,3,9H2,1H3,(H,23,26). The smallest absolute Gasteiger partial charge is 0.276 e. The number of hydrogen-bond acceptors (Lipinski definition) is 5. The minimum Gasteiger partial charge on any atom is -0.488 e. The van der Waals surface area contributed by atoms with Crippen LogP contribution in [0.5, 0.6) is 5.75 Å². The number of hydrogen-bond donors (Lipinski definition) is 2. The molecule has 2 aromatic rings. The van der Waals surface area contributed by atoms with Crippen molar-refractivity contribution in [3.63, 3.8) is 0 Å². The Morgan fingerprint density at radius 3 is 2.87 bits per heavy atom. The lowest BCUT2D eigenvalue weighted by atomic mass is 10.2. The minimum atomic E-state index is -4.14. The number of anilines is 1. The molecule has 3 rings (SSSR count). The minimum absolute atomic E-state index is 0.115. The molecule has 0 spiro atoms. The highest BCUT2D eigenvalue weighted by Gasteiger charge is 2.34. The van der Waals surface area contributed by atoms with Crippen LogP contribution in [0.4, 0.5) is 18.9 Å². The number of amides is 1. The fourth-order valence-electron chi connectivity index (χ4n) is 2.90. The molecule has 1 aromatic carbocycles. The van der Waals surface area contributed by atoms with Gasteiger partial charge >= 0.3 is 0 Å². The first-order valence-electron chi connectivity index (χ1n) is 8.49. The predicted molar refractivity (Wildman–Crippen MR) is 99.0 cm³/mol. The molecule has 1 aliphatic heterocycles. The maximum atomic E-state index is 13.5. The molecule has 2 heterocycles. The Labute approximate surface area is 169 Å². The van der Waals surface area contributed by atoms with Crippen molar-refractivity contribution >= 4 is 21.6 Å². The molecule has 158 valence electrons. The van der Waals surface area contributed by atoms with Crippen molar-refractivity contribution in [2.24, 2.45) is 7.05 Å². The molecule has 0 aliphatic carbocycles.